The number of aliphatic hydroxyl groups excluding tert-OH is 1. The van der Waals surface area contributed by atoms with Gasteiger partial charge in [-0.25, -0.2) is 0 Å². The zero-order chi connectivity index (χ0) is 36.0. The van der Waals surface area contributed by atoms with Gasteiger partial charge in [0.2, 0.25) is 0 Å². The summed E-state index contributed by atoms with van der Waals surface area (Å²) in [7, 11) is -2.13. The molecule has 8 unspecified atom stereocenters. The van der Waals surface area contributed by atoms with Gasteiger partial charge in [0.25, 0.3) is 0 Å². The lowest BCUT2D eigenvalue weighted by molar-refractivity contribution is -0.193. The number of benzene rings is 1. The fraction of sp³-hybridized carbons (Fsp3) is 0.756. The SMILES string of the molecule is CCCCCCOc1ccc(OCC(C=CC2C(OC3CCCCO3)CC(O[Si](C)(C)C(C)(C)C)C2C#CC(C)O)OC2CCCCO2)cc1. The molecular weight excluding hydrogens is 649 g/mol. The minimum Gasteiger partial charge on any atom is -0.494 e. The van der Waals surface area contributed by atoms with Crippen LogP contribution in [0.15, 0.2) is 36.4 Å². The third kappa shape index (κ3) is 13.3. The lowest BCUT2D eigenvalue weighted by Crippen LogP contribution is -2.45. The van der Waals surface area contributed by atoms with Crippen molar-refractivity contribution in [3.63, 3.8) is 0 Å². The predicted octanol–water partition coefficient (Wildman–Crippen LogP) is 8.82. The van der Waals surface area contributed by atoms with Gasteiger partial charge in [0.05, 0.1) is 24.7 Å². The molecule has 4 rings (SSSR count). The number of aliphatic hydroxyl groups is 1. The molecule has 2 aliphatic heterocycles. The first kappa shape index (κ1) is 40.9. The smallest absolute Gasteiger partial charge is 0.192 e. The van der Waals surface area contributed by atoms with E-state index >= 15 is 0 Å². The van der Waals surface area contributed by atoms with Crippen LogP contribution in [0.25, 0.3) is 0 Å². The lowest BCUT2D eigenvalue weighted by atomic mass is 9.93. The second-order valence-electron chi connectivity index (χ2n) is 15.7. The van der Waals surface area contributed by atoms with Crippen LogP contribution in [0, 0.1) is 23.7 Å². The zero-order valence-electron chi connectivity index (χ0n) is 32.0. The van der Waals surface area contributed by atoms with Crippen LogP contribution in [0.1, 0.15) is 105 Å². The van der Waals surface area contributed by atoms with Crippen molar-refractivity contribution in [1.82, 2.24) is 0 Å². The molecular formula is C41H66O8Si. The maximum atomic E-state index is 10.2. The average molecular weight is 715 g/mol. The third-order valence-corrected chi connectivity index (χ3v) is 14.9. The van der Waals surface area contributed by atoms with E-state index in [0.717, 1.165) is 63.1 Å². The molecule has 282 valence electrons. The van der Waals surface area contributed by atoms with Crippen molar-refractivity contribution in [3.8, 4) is 23.3 Å². The number of rotatable bonds is 17. The third-order valence-electron chi connectivity index (χ3n) is 10.4. The van der Waals surface area contributed by atoms with E-state index in [1.165, 1.54) is 19.3 Å². The first-order valence-corrected chi connectivity index (χ1v) is 22.3. The minimum atomic E-state index is -2.13. The van der Waals surface area contributed by atoms with E-state index in [0.29, 0.717) is 26.2 Å². The molecule has 2 heterocycles. The molecule has 8 nitrogen and oxygen atoms in total. The molecule has 0 amide bonds. The van der Waals surface area contributed by atoms with Crippen LogP contribution < -0.4 is 9.47 Å². The summed E-state index contributed by atoms with van der Waals surface area (Å²) >= 11 is 0. The van der Waals surface area contributed by atoms with E-state index in [1.807, 2.05) is 24.3 Å². The van der Waals surface area contributed by atoms with Gasteiger partial charge < -0.3 is 38.0 Å². The summed E-state index contributed by atoms with van der Waals surface area (Å²) in [5.41, 5.74) is 0. The molecule has 1 aromatic carbocycles. The van der Waals surface area contributed by atoms with Crippen LogP contribution in [-0.4, -0.2) is 76.8 Å². The van der Waals surface area contributed by atoms with E-state index in [-0.39, 0.29) is 47.8 Å². The van der Waals surface area contributed by atoms with Gasteiger partial charge in [-0.1, -0.05) is 71.0 Å². The van der Waals surface area contributed by atoms with Crippen molar-refractivity contribution in [2.24, 2.45) is 11.8 Å². The normalized spacial score (nSPS) is 27.4. The van der Waals surface area contributed by atoms with Crippen molar-refractivity contribution < 1.29 is 38.0 Å². The van der Waals surface area contributed by atoms with Gasteiger partial charge in [-0.3, -0.25) is 0 Å². The Morgan fingerprint density at radius 1 is 0.920 bits per heavy atom. The van der Waals surface area contributed by atoms with Crippen LogP contribution in [0.5, 0.6) is 11.5 Å². The van der Waals surface area contributed by atoms with E-state index < -0.39 is 14.4 Å². The van der Waals surface area contributed by atoms with Crippen molar-refractivity contribution >= 4 is 8.32 Å². The van der Waals surface area contributed by atoms with Crippen molar-refractivity contribution in [2.75, 3.05) is 26.4 Å². The van der Waals surface area contributed by atoms with Crippen LogP contribution in [0.2, 0.25) is 18.1 Å². The van der Waals surface area contributed by atoms with Crippen LogP contribution in [-0.2, 0) is 23.4 Å². The standard InChI is InChI=1S/C41H66O8Si/c1-8-9-10-13-26-43-32-19-21-33(22-20-32)46-30-34(47-39-16-11-14-27-44-39)23-25-35-36(24-18-31(2)42)38(49-50(6,7)41(3,4)5)29-37(35)48-40-17-12-15-28-45-40/h19-23,25,31,34-40,42H,8-17,26-30H2,1-7H3. The average Bonchev–Trinajstić information content (AvgIpc) is 3.39. The Morgan fingerprint density at radius 3 is 2.18 bits per heavy atom. The minimum absolute atomic E-state index is 0.0429. The Bertz CT molecular complexity index is 1190. The molecule has 2 saturated heterocycles. The first-order valence-electron chi connectivity index (χ1n) is 19.4. The highest BCUT2D eigenvalue weighted by Gasteiger charge is 2.48. The summed E-state index contributed by atoms with van der Waals surface area (Å²) in [6, 6.07) is 7.84. The number of hydrogen-bond acceptors (Lipinski definition) is 8. The molecule has 0 spiro atoms. The molecule has 3 aliphatic rings. The Labute approximate surface area is 304 Å². The van der Waals surface area contributed by atoms with Gasteiger partial charge in [-0.15, -0.1) is 0 Å². The highest BCUT2D eigenvalue weighted by molar-refractivity contribution is 6.74. The van der Waals surface area contributed by atoms with E-state index in [9.17, 15) is 5.11 Å². The highest BCUT2D eigenvalue weighted by atomic mass is 28.4. The maximum absolute atomic E-state index is 10.2. The van der Waals surface area contributed by atoms with Crippen molar-refractivity contribution in [1.29, 1.82) is 0 Å². The Hall–Kier alpha value is -1.90. The topological polar surface area (TPSA) is 84.8 Å². The summed E-state index contributed by atoms with van der Waals surface area (Å²) in [6.45, 7) is 17.7. The predicted molar refractivity (Wildman–Crippen MR) is 201 cm³/mol. The Kier molecular flexibility index (Phi) is 16.6. The van der Waals surface area contributed by atoms with Gasteiger partial charge in [0.15, 0.2) is 20.9 Å². The fourth-order valence-electron chi connectivity index (χ4n) is 6.43. The summed E-state index contributed by atoms with van der Waals surface area (Å²) in [5.74, 6) is 7.85. The van der Waals surface area contributed by atoms with Gasteiger partial charge in [0, 0.05) is 25.6 Å². The fourth-order valence-corrected chi connectivity index (χ4v) is 7.79. The summed E-state index contributed by atoms with van der Waals surface area (Å²) < 4.78 is 44.6. The molecule has 3 fully saturated rings. The summed E-state index contributed by atoms with van der Waals surface area (Å²) in [5, 5.41) is 10.3. The number of unbranched alkanes of at least 4 members (excludes halogenated alkanes) is 3. The van der Waals surface area contributed by atoms with E-state index in [2.05, 4.69) is 64.8 Å². The van der Waals surface area contributed by atoms with Crippen molar-refractivity contribution in [3.05, 3.63) is 36.4 Å². The molecule has 8 atom stereocenters. The Balaban J connectivity index is 1.54. The second kappa shape index (κ2) is 20.4. The van der Waals surface area contributed by atoms with Crippen LogP contribution >= 0.6 is 0 Å². The summed E-state index contributed by atoms with van der Waals surface area (Å²) in [6.07, 6.45) is 13.8. The zero-order valence-corrected chi connectivity index (χ0v) is 33.0. The Morgan fingerprint density at radius 2 is 1.58 bits per heavy atom. The van der Waals surface area contributed by atoms with Crippen molar-refractivity contribution in [2.45, 2.75) is 160 Å². The summed E-state index contributed by atoms with van der Waals surface area (Å²) in [4.78, 5) is 0. The van der Waals surface area contributed by atoms with Gasteiger partial charge >= 0.3 is 0 Å². The molecule has 0 aromatic heterocycles. The lowest BCUT2D eigenvalue weighted by Gasteiger charge is -2.39. The van der Waals surface area contributed by atoms with Crippen LogP contribution in [0.3, 0.4) is 0 Å². The molecule has 1 aromatic rings. The van der Waals surface area contributed by atoms with Gasteiger partial charge in [0.1, 0.15) is 30.3 Å². The van der Waals surface area contributed by atoms with Gasteiger partial charge in [-0.2, -0.15) is 0 Å². The van der Waals surface area contributed by atoms with Gasteiger partial charge in [-0.05, 0) is 94.3 Å². The molecule has 9 heteroatoms. The monoisotopic (exact) mass is 714 g/mol. The number of hydrogen-bond donors (Lipinski definition) is 1. The molecule has 0 radical (unpaired) electrons. The van der Waals surface area contributed by atoms with Crippen LogP contribution in [0.4, 0.5) is 0 Å². The quantitative estimate of drug-likeness (QED) is 0.0742. The van der Waals surface area contributed by atoms with E-state index in [4.69, 9.17) is 32.8 Å². The molecule has 0 bridgehead atoms. The highest BCUT2D eigenvalue weighted by Crippen LogP contribution is 2.44. The maximum Gasteiger partial charge on any atom is 0.192 e. The first-order chi connectivity index (χ1) is 23.9. The molecule has 1 N–H and O–H groups in total. The number of ether oxygens (including phenoxy) is 6. The molecule has 1 aliphatic carbocycles. The molecule has 50 heavy (non-hydrogen) atoms. The largest absolute Gasteiger partial charge is 0.494 e. The second-order valence-corrected chi connectivity index (χ2v) is 20.5. The van der Waals surface area contributed by atoms with E-state index in [1.54, 1.807) is 6.92 Å². The molecule has 1 saturated carbocycles.